The Labute approximate surface area is 90.7 Å². The average molecular weight is 209 g/mol. The van der Waals surface area contributed by atoms with Crippen molar-refractivity contribution < 1.29 is 4.79 Å². The molecule has 1 heterocycles. The molecule has 0 unspecified atom stereocenters. The van der Waals surface area contributed by atoms with E-state index in [2.05, 4.69) is 10.6 Å². The number of aryl methyl sites for hydroxylation is 2. The van der Waals surface area contributed by atoms with Crippen molar-refractivity contribution in [3.63, 3.8) is 0 Å². The Morgan fingerprint density at radius 2 is 2.00 bits per heavy atom. The number of hydrogen-bond acceptors (Lipinski definition) is 1. The summed E-state index contributed by atoms with van der Waals surface area (Å²) < 4.78 is 1.89. The Balaban J connectivity index is 2.63. The minimum atomic E-state index is -0.218. The van der Waals surface area contributed by atoms with E-state index in [1.807, 2.05) is 51.6 Å². The van der Waals surface area contributed by atoms with Crippen molar-refractivity contribution in [1.82, 2.24) is 9.88 Å². The molecule has 2 amide bonds. The highest BCUT2D eigenvalue weighted by atomic mass is 16.2. The number of anilines is 1. The van der Waals surface area contributed by atoms with Gasteiger partial charge in [0.2, 0.25) is 0 Å². The van der Waals surface area contributed by atoms with Gasteiger partial charge in [-0.05, 0) is 39.3 Å². The van der Waals surface area contributed by atoms with Crippen LogP contribution in [0.5, 0.6) is 0 Å². The predicted molar refractivity (Wildman–Crippen MR) is 62.1 cm³/mol. The first-order valence-corrected chi connectivity index (χ1v) is 5.00. The lowest BCUT2D eigenvalue weighted by Gasteiger charge is -2.20. The van der Waals surface area contributed by atoms with Crippen LogP contribution in [0.1, 0.15) is 26.3 Å². The Kier molecular flexibility index (Phi) is 3.07. The lowest BCUT2D eigenvalue weighted by Crippen LogP contribution is -2.43. The Morgan fingerprint density at radius 3 is 2.40 bits per heavy atom. The SMILES string of the molecule is Cc1cc(NC(=O)NC(C)(C)C)n(C)c1. The van der Waals surface area contributed by atoms with Gasteiger partial charge in [0.05, 0.1) is 0 Å². The summed E-state index contributed by atoms with van der Waals surface area (Å²) in [6, 6.07) is 1.76. The molecule has 4 heteroatoms. The summed E-state index contributed by atoms with van der Waals surface area (Å²) in [5, 5.41) is 5.64. The summed E-state index contributed by atoms with van der Waals surface area (Å²) in [6.07, 6.45) is 1.96. The highest BCUT2D eigenvalue weighted by Gasteiger charge is 2.14. The van der Waals surface area contributed by atoms with E-state index >= 15 is 0 Å². The van der Waals surface area contributed by atoms with Gasteiger partial charge in [0.15, 0.2) is 0 Å². The minimum Gasteiger partial charge on any atom is -0.337 e. The molecule has 1 rings (SSSR count). The smallest absolute Gasteiger partial charge is 0.320 e. The number of nitrogens with one attached hydrogen (secondary N) is 2. The molecule has 0 radical (unpaired) electrons. The topological polar surface area (TPSA) is 46.1 Å². The normalized spacial score (nSPS) is 11.3. The first kappa shape index (κ1) is 11.6. The molecule has 2 N–H and O–H groups in total. The maximum absolute atomic E-state index is 11.6. The molecule has 84 valence electrons. The second kappa shape index (κ2) is 3.96. The van der Waals surface area contributed by atoms with Crippen molar-refractivity contribution in [3.8, 4) is 0 Å². The Morgan fingerprint density at radius 1 is 1.40 bits per heavy atom. The number of nitrogens with zero attached hydrogens (tertiary/aromatic N) is 1. The third-order valence-electron chi connectivity index (χ3n) is 1.87. The van der Waals surface area contributed by atoms with Crippen LogP contribution in [0.4, 0.5) is 10.6 Å². The summed E-state index contributed by atoms with van der Waals surface area (Å²) in [4.78, 5) is 11.6. The van der Waals surface area contributed by atoms with Crippen molar-refractivity contribution in [2.24, 2.45) is 7.05 Å². The van der Waals surface area contributed by atoms with Crippen LogP contribution in [0.25, 0.3) is 0 Å². The van der Waals surface area contributed by atoms with E-state index in [9.17, 15) is 4.79 Å². The molecule has 0 aromatic carbocycles. The number of amides is 2. The molecule has 0 spiro atoms. The van der Waals surface area contributed by atoms with E-state index in [0.29, 0.717) is 0 Å². The van der Waals surface area contributed by atoms with E-state index in [0.717, 1.165) is 11.4 Å². The van der Waals surface area contributed by atoms with Crippen molar-refractivity contribution in [2.45, 2.75) is 33.2 Å². The first-order chi connectivity index (χ1) is 6.78. The molecule has 0 atom stereocenters. The lowest BCUT2D eigenvalue weighted by atomic mass is 10.1. The van der Waals surface area contributed by atoms with Gasteiger partial charge in [0.1, 0.15) is 5.82 Å². The standard InChI is InChI=1S/C11H19N3O/c1-8-6-9(14(5)7-8)12-10(15)13-11(2,3)4/h6-7H,1-5H3,(H2,12,13,15). The second-order valence-corrected chi connectivity index (χ2v) is 4.84. The maximum Gasteiger partial charge on any atom is 0.320 e. The van der Waals surface area contributed by atoms with Gasteiger partial charge < -0.3 is 9.88 Å². The zero-order valence-corrected chi connectivity index (χ0v) is 10.0. The quantitative estimate of drug-likeness (QED) is 0.732. The fourth-order valence-electron chi connectivity index (χ4n) is 1.34. The van der Waals surface area contributed by atoms with E-state index in [1.54, 1.807) is 0 Å². The van der Waals surface area contributed by atoms with Crippen molar-refractivity contribution in [2.75, 3.05) is 5.32 Å². The number of carbonyl (C=O) groups is 1. The van der Waals surface area contributed by atoms with Gasteiger partial charge in [-0.1, -0.05) is 0 Å². The third-order valence-corrected chi connectivity index (χ3v) is 1.87. The molecule has 0 saturated heterocycles. The second-order valence-electron chi connectivity index (χ2n) is 4.84. The van der Waals surface area contributed by atoms with Crippen molar-refractivity contribution in [3.05, 3.63) is 17.8 Å². The van der Waals surface area contributed by atoms with Gasteiger partial charge in [-0.2, -0.15) is 0 Å². The molecule has 15 heavy (non-hydrogen) atoms. The highest BCUT2D eigenvalue weighted by Crippen LogP contribution is 2.11. The van der Waals surface area contributed by atoms with Gasteiger partial charge in [0.25, 0.3) is 0 Å². The van der Waals surface area contributed by atoms with Crippen molar-refractivity contribution in [1.29, 1.82) is 0 Å². The fraction of sp³-hybridized carbons (Fsp3) is 0.545. The number of urea groups is 1. The van der Waals surface area contributed by atoms with Crippen LogP contribution in [-0.4, -0.2) is 16.1 Å². The van der Waals surface area contributed by atoms with E-state index in [4.69, 9.17) is 0 Å². The predicted octanol–water partition coefficient (Wildman–Crippen LogP) is 2.25. The fourth-order valence-corrected chi connectivity index (χ4v) is 1.34. The number of carbonyl (C=O) groups excluding carboxylic acids is 1. The molecule has 0 saturated carbocycles. The Bertz CT molecular complexity index is 360. The molecule has 1 aromatic heterocycles. The molecule has 0 bridgehead atoms. The van der Waals surface area contributed by atoms with Gasteiger partial charge in [0, 0.05) is 18.8 Å². The van der Waals surface area contributed by atoms with Crippen LogP contribution >= 0.6 is 0 Å². The summed E-state index contributed by atoms with van der Waals surface area (Å²) >= 11 is 0. The highest BCUT2D eigenvalue weighted by molar-refractivity contribution is 5.89. The average Bonchev–Trinajstić information content (AvgIpc) is 2.25. The third kappa shape index (κ3) is 3.65. The maximum atomic E-state index is 11.6. The largest absolute Gasteiger partial charge is 0.337 e. The summed E-state index contributed by atoms with van der Waals surface area (Å²) in [5.41, 5.74) is 0.910. The van der Waals surface area contributed by atoms with E-state index in [1.165, 1.54) is 0 Å². The van der Waals surface area contributed by atoms with E-state index in [-0.39, 0.29) is 11.6 Å². The Hall–Kier alpha value is -1.45. The monoisotopic (exact) mass is 209 g/mol. The van der Waals surface area contributed by atoms with Crippen LogP contribution in [0.3, 0.4) is 0 Å². The molecule has 0 aliphatic carbocycles. The summed E-state index contributed by atoms with van der Waals surface area (Å²) in [6.45, 7) is 7.83. The van der Waals surface area contributed by atoms with E-state index < -0.39 is 0 Å². The molecule has 4 nitrogen and oxygen atoms in total. The van der Waals surface area contributed by atoms with Crippen LogP contribution in [-0.2, 0) is 7.05 Å². The van der Waals surface area contributed by atoms with Gasteiger partial charge in [-0.25, -0.2) is 4.79 Å². The molecular weight excluding hydrogens is 190 g/mol. The lowest BCUT2D eigenvalue weighted by molar-refractivity contribution is 0.243. The van der Waals surface area contributed by atoms with Gasteiger partial charge in [-0.15, -0.1) is 0 Å². The van der Waals surface area contributed by atoms with Gasteiger partial charge >= 0.3 is 6.03 Å². The van der Waals surface area contributed by atoms with Crippen LogP contribution in [0, 0.1) is 6.92 Å². The summed E-state index contributed by atoms with van der Waals surface area (Å²) in [7, 11) is 1.90. The zero-order chi connectivity index (χ0) is 11.6. The molecule has 0 fully saturated rings. The molecule has 0 aliphatic heterocycles. The van der Waals surface area contributed by atoms with Crippen LogP contribution in [0.15, 0.2) is 12.3 Å². The zero-order valence-electron chi connectivity index (χ0n) is 10.0. The molecule has 1 aromatic rings. The number of rotatable bonds is 1. The first-order valence-electron chi connectivity index (χ1n) is 5.00. The minimum absolute atomic E-state index is 0.177. The molecular formula is C11H19N3O. The van der Waals surface area contributed by atoms with Crippen LogP contribution < -0.4 is 10.6 Å². The van der Waals surface area contributed by atoms with Crippen LogP contribution in [0.2, 0.25) is 0 Å². The van der Waals surface area contributed by atoms with Gasteiger partial charge in [-0.3, -0.25) is 5.32 Å². The number of aromatic nitrogens is 1. The number of hydrogen-bond donors (Lipinski definition) is 2. The molecule has 0 aliphatic rings. The summed E-state index contributed by atoms with van der Waals surface area (Å²) in [5.74, 6) is 0.800. The van der Waals surface area contributed by atoms with Crippen molar-refractivity contribution >= 4 is 11.8 Å².